The van der Waals surface area contributed by atoms with E-state index in [0.717, 1.165) is 12.1 Å². The Bertz CT molecular complexity index is 1130. The molecule has 11 heteroatoms. The molecule has 0 unspecified atom stereocenters. The summed E-state index contributed by atoms with van der Waals surface area (Å²) in [6.07, 6.45) is -1.22. The van der Waals surface area contributed by atoms with Crippen LogP contribution in [0.5, 0.6) is 5.75 Å². The fourth-order valence-corrected chi connectivity index (χ4v) is 2.79. The third-order valence-corrected chi connectivity index (χ3v) is 4.00. The molecule has 0 aliphatic carbocycles. The molecule has 3 rings (SSSR count). The molecule has 2 aromatic heterocycles. The van der Waals surface area contributed by atoms with E-state index >= 15 is 0 Å². The maximum absolute atomic E-state index is 12.7. The first-order valence-corrected chi connectivity index (χ1v) is 9.11. The van der Waals surface area contributed by atoms with Gasteiger partial charge in [-0.1, -0.05) is 0 Å². The maximum atomic E-state index is 12.7. The van der Waals surface area contributed by atoms with E-state index in [-0.39, 0.29) is 11.8 Å². The van der Waals surface area contributed by atoms with Crippen LogP contribution < -0.4 is 15.6 Å². The van der Waals surface area contributed by atoms with Crippen molar-refractivity contribution in [1.29, 1.82) is 0 Å². The van der Waals surface area contributed by atoms with Crippen molar-refractivity contribution in [3.8, 4) is 22.6 Å². The number of ether oxygens (including phenoxy) is 2. The van der Waals surface area contributed by atoms with Crippen LogP contribution in [0.2, 0.25) is 0 Å². The van der Waals surface area contributed by atoms with Crippen molar-refractivity contribution in [1.82, 2.24) is 14.3 Å². The van der Waals surface area contributed by atoms with Crippen LogP contribution in [0.3, 0.4) is 0 Å². The number of nitrogens with zero attached hydrogens (tertiary/aromatic N) is 3. The molecule has 3 aromatic rings. The van der Waals surface area contributed by atoms with Gasteiger partial charge in [-0.05, 0) is 38.1 Å². The number of halogens is 3. The highest BCUT2D eigenvalue weighted by Crippen LogP contribution is 2.28. The predicted molar refractivity (Wildman–Crippen MR) is 106 cm³/mol. The van der Waals surface area contributed by atoms with Gasteiger partial charge in [0.1, 0.15) is 5.75 Å². The van der Waals surface area contributed by atoms with Crippen molar-refractivity contribution >= 4 is 11.8 Å². The van der Waals surface area contributed by atoms with Crippen LogP contribution >= 0.6 is 0 Å². The molecule has 1 amide bonds. The third kappa shape index (κ3) is 5.65. The lowest BCUT2D eigenvalue weighted by molar-refractivity contribution is -0.274. The average molecular weight is 436 g/mol. The molecule has 0 aliphatic heterocycles. The molecule has 164 valence electrons. The lowest BCUT2D eigenvalue weighted by Gasteiger charge is -2.15. The first kappa shape index (κ1) is 21.9. The quantitative estimate of drug-likeness (QED) is 0.651. The number of hydrogen-bond donors (Lipinski definition) is 1. The number of nitrogens with one attached hydrogen (secondary N) is 1. The summed E-state index contributed by atoms with van der Waals surface area (Å²) in [5, 5.41) is 6.64. The molecule has 2 heterocycles. The number of anilines is 1. The summed E-state index contributed by atoms with van der Waals surface area (Å²) in [4.78, 5) is 24.7. The third-order valence-electron chi connectivity index (χ3n) is 4.00. The number of hydrogen-bond acceptors (Lipinski definition) is 5. The van der Waals surface area contributed by atoms with Gasteiger partial charge in [0, 0.05) is 42.3 Å². The topological polar surface area (TPSA) is 87.4 Å². The minimum atomic E-state index is -4.82. The Hall–Kier alpha value is -3.76. The smallest absolute Gasteiger partial charge is 0.447 e. The molecule has 1 N–H and O–H groups in total. The van der Waals surface area contributed by atoms with Crippen LogP contribution in [-0.4, -0.2) is 32.9 Å². The Morgan fingerprint density at radius 2 is 1.84 bits per heavy atom. The van der Waals surface area contributed by atoms with Crippen LogP contribution in [0.4, 0.5) is 23.7 Å². The summed E-state index contributed by atoms with van der Waals surface area (Å²) in [5.74, 6) is -0.411. The van der Waals surface area contributed by atoms with E-state index in [9.17, 15) is 22.8 Å². The number of pyridine rings is 1. The number of carbonyl (C=O) groups excluding carboxylic acids is 1. The number of aromatic nitrogens is 3. The summed E-state index contributed by atoms with van der Waals surface area (Å²) in [6.45, 7) is 3.37. The minimum absolute atomic E-state index is 0.205. The fourth-order valence-electron chi connectivity index (χ4n) is 2.79. The molecule has 0 saturated heterocycles. The van der Waals surface area contributed by atoms with E-state index in [4.69, 9.17) is 4.74 Å². The molecule has 8 nitrogen and oxygen atoms in total. The van der Waals surface area contributed by atoms with Gasteiger partial charge >= 0.3 is 12.5 Å². The van der Waals surface area contributed by atoms with Crippen molar-refractivity contribution in [3.63, 3.8) is 0 Å². The highest BCUT2D eigenvalue weighted by Gasteiger charge is 2.31. The first-order valence-electron chi connectivity index (χ1n) is 9.11. The van der Waals surface area contributed by atoms with Crippen molar-refractivity contribution in [2.75, 3.05) is 5.32 Å². The SMILES string of the molecule is CC(C)OC(=O)Nc1cc(=O)n(-c2ccc(OC(F)(F)F)cc2)cc1-c1cnn(C)c1. The fraction of sp³-hybridized carbons (Fsp3) is 0.250. The van der Waals surface area contributed by atoms with Gasteiger partial charge in [0.2, 0.25) is 0 Å². The van der Waals surface area contributed by atoms with Crippen molar-refractivity contribution < 1.29 is 27.4 Å². The van der Waals surface area contributed by atoms with Crippen LogP contribution in [0.1, 0.15) is 13.8 Å². The van der Waals surface area contributed by atoms with Gasteiger partial charge in [0.25, 0.3) is 5.56 Å². The molecule has 0 radical (unpaired) electrons. The van der Waals surface area contributed by atoms with Crippen molar-refractivity contribution in [3.05, 3.63) is 59.3 Å². The number of benzene rings is 1. The van der Waals surface area contributed by atoms with E-state index in [1.165, 1.54) is 29.0 Å². The van der Waals surface area contributed by atoms with Gasteiger partial charge < -0.3 is 9.47 Å². The lowest BCUT2D eigenvalue weighted by Crippen LogP contribution is -2.22. The Kier molecular flexibility index (Phi) is 6.04. The van der Waals surface area contributed by atoms with Crippen LogP contribution in [0.15, 0.2) is 53.7 Å². The van der Waals surface area contributed by atoms with Gasteiger partial charge in [-0.25, -0.2) is 4.79 Å². The zero-order chi connectivity index (χ0) is 22.8. The minimum Gasteiger partial charge on any atom is -0.447 e. The second kappa shape index (κ2) is 8.54. The Balaban J connectivity index is 2.02. The van der Waals surface area contributed by atoms with Crippen LogP contribution in [0, 0.1) is 0 Å². The van der Waals surface area contributed by atoms with E-state index < -0.39 is 23.8 Å². The Morgan fingerprint density at radius 3 is 2.39 bits per heavy atom. The van der Waals surface area contributed by atoms with E-state index in [2.05, 4.69) is 15.2 Å². The first-order chi connectivity index (χ1) is 14.5. The lowest BCUT2D eigenvalue weighted by atomic mass is 10.1. The van der Waals surface area contributed by atoms with Crippen molar-refractivity contribution in [2.24, 2.45) is 7.05 Å². The second-order valence-electron chi connectivity index (χ2n) is 6.83. The molecule has 0 spiro atoms. The summed E-state index contributed by atoms with van der Waals surface area (Å²) in [5.41, 5.74) is 1.06. The normalized spacial score (nSPS) is 11.5. The second-order valence-corrected chi connectivity index (χ2v) is 6.83. The summed E-state index contributed by atoms with van der Waals surface area (Å²) >= 11 is 0. The standard InChI is InChI=1S/C20H19F3N4O4/c1-12(2)30-19(29)25-17-8-18(28)27(11-16(17)13-9-24-26(3)10-13)14-4-6-15(7-5-14)31-20(21,22)23/h4-12H,1-3H3,(H,25,29). The molecule has 0 saturated carbocycles. The van der Waals surface area contributed by atoms with Gasteiger partial charge in [0.05, 0.1) is 18.0 Å². The summed E-state index contributed by atoms with van der Waals surface area (Å²) < 4.78 is 48.8. The monoisotopic (exact) mass is 436 g/mol. The number of rotatable bonds is 5. The van der Waals surface area contributed by atoms with E-state index in [0.29, 0.717) is 16.8 Å². The molecule has 31 heavy (non-hydrogen) atoms. The van der Waals surface area contributed by atoms with E-state index in [1.807, 2.05) is 0 Å². The molecule has 0 bridgehead atoms. The van der Waals surface area contributed by atoms with Gasteiger partial charge in [0.15, 0.2) is 0 Å². The molecular weight excluding hydrogens is 417 g/mol. The maximum Gasteiger partial charge on any atom is 0.573 e. The summed E-state index contributed by atoms with van der Waals surface area (Å²) in [6, 6.07) is 6.03. The van der Waals surface area contributed by atoms with Crippen LogP contribution in [-0.2, 0) is 11.8 Å². The molecule has 0 atom stereocenters. The molecule has 1 aromatic carbocycles. The largest absolute Gasteiger partial charge is 0.573 e. The zero-order valence-electron chi connectivity index (χ0n) is 16.8. The molecule has 0 fully saturated rings. The number of amides is 1. The Morgan fingerprint density at radius 1 is 1.16 bits per heavy atom. The Labute approximate surface area is 174 Å². The molecule has 0 aliphatic rings. The molecular formula is C20H19F3N4O4. The number of aryl methyl sites for hydroxylation is 1. The zero-order valence-corrected chi connectivity index (χ0v) is 16.8. The average Bonchev–Trinajstić information content (AvgIpc) is 3.07. The van der Waals surface area contributed by atoms with E-state index in [1.54, 1.807) is 38.0 Å². The van der Waals surface area contributed by atoms with Gasteiger partial charge in [-0.3, -0.25) is 19.4 Å². The summed E-state index contributed by atoms with van der Waals surface area (Å²) in [7, 11) is 1.71. The number of carbonyl (C=O) groups is 1. The van der Waals surface area contributed by atoms with Gasteiger partial charge in [-0.15, -0.1) is 13.2 Å². The highest BCUT2D eigenvalue weighted by molar-refractivity contribution is 5.91. The highest BCUT2D eigenvalue weighted by atomic mass is 19.4. The number of alkyl halides is 3. The van der Waals surface area contributed by atoms with Crippen LogP contribution in [0.25, 0.3) is 16.8 Å². The van der Waals surface area contributed by atoms with Gasteiger partial charge in [-0.2, -0.15) is 5.10 Å². The predicted octanol–water partition coefficient (Wildman–Crippen LogP) is 4.09. The van der Waals surface area contributed by atoms with Crippen molar-refractivity contribution in [2.45, 2.75) is 26.3 Å².